The van der Waals surface area contributed by atoms with Crippen LogP contribution in [0.3, 0.4) is 0 Å². The summed E-state index contributed by atoms with van der Waals surface area (Å²) in [6, 6.07) is 7.10. The first-order valence-corrected chi connectivity index (χ1v) is 7.89. The highest BCUT2D eigenvalue weighted by atomic mass is 32.2. The molecule has 110 valence electrons. The molecule has 1 amide bonds. The summed E-state index contributed by atoms with van der Waals surface area (Å²) in [5.74, 6) is 2.11. The van der Waals surface area contributed by atoms with E-state index in [1.165, 1.54) is 6.39 Å². The van der Waals surface area contributed by atoms with Gasteiger partial charge in [0.05, 0.1) is 11.8 Å². The number of nitrogens with one attached hydrogen (secondary N) is 1. The molecule has 1 aromatic carbocycles. The highest BCUT2D eigenvalue weighted by Crippen LogP contribution is 2.27. The molecule has 1 unspecified atom stereocenters. The molecule has 1 aromatic heterocycles. The van der Waals surface area contributed by atoms with Crippen LogP contribution in [0.1, 0.15) is 16.8 Å². The lowest BCUT2D eigenvalue weighted by Crippen LogP contribution is -2.42. The van der Waals surface area contributed by atoms with Crippen LogP contribution in [0.25, 0.3) is 11.3 Å². The van der Waals surface area contributed by atoms with Crippen molar-refractivity contribution in [3.63, 3.8) is 0 Å². The predicted octanol–water partition coefficient (Wildman–Crippen LogP) is 1.94. The fraction of sp³-hybridized carbons (Fsp3) is 0.333. The Kier molecular flexibility index (Phi) is 3.98. The predicted molar refractivity (Wildman–Crippen MR) is 81.2 cm³/mol. The van der Waals surface area contributed by atoms with Gasteiger partial charge in [-0.3, -0.25) is 4.79 Å². The number of carbonyl (C=O) groups excluding carboxylic acids is 1. The highest BCUT2D eigenvalue weighted by Gasteiger charge is 2.31. The van der Waals surface area contributed by atoms with Gasteiger partial charge < -0.3 is 14.8 Å². The van der Waals surface area contributed by atoms with Gasteiger partial charge in [-0.1, -0.05) is 12.1 Å². The van der Waals surface area contributed by atoms with Crippen molar-refractivity contribution in [1.29, 1.82) is 0 Å². The molecule has 6 heteroatoms. The quantitative estimate of drug-likeness (QED) is 0.903. The topological polar surface area (TPSA) is 75.4 Å². The number of nitrogens with zero attached hydrogens (tertiary/aromatic N) is 1. The Labute approximate surface area is 126 Å². The fourth-order valence-electron chi connectivity index (χ4n) is 2.23. The zero-order chi connectivity index (χ0) is 14.7. The van der Waals surface area contributed by atoms with Crippen molar-refractivity contribution < 1.29 is 14.3 Å². The molecule has 3 rings (SSSR count). The largest absolute Gasteiger partial charge is 0.444 e. The van der Waals surface area contributed by atoms with Crippen molar-refractivity contribution in [2.45, 2.75) is 12.0 Å². The number of carbonyl (C=O) groups is 1. The van der Waals surface area contributed by atoms with Crippen LogP contribution in [0.15, 0.2) is 41.3 Å². The molecule has 1 saturated heterocycles. The summed E-state index contributed by atoms with van der Waals surface area (Å²) in [7, 11) is 0. The van der Waals surface area contributed by atoms with Gasteiger partial charge in [0, 0.05) is 23.4 Å². The average molecular weight is 304 g/mol. The lowest BCUT2D eigenvalue weighted by molar-refractivity contribution is 0.0612. The summed E-state index contributed by atoms with van der Waals surface area (Å²) in [4.78, 5) is 15.9. The second kappa shape index (κ2) is 5.91. The molecule has 1 aliphatic rings. The van der Waals surface area contributed by atoms with E-state index < -0.39 is 5.60 Å². The highest BCUT2D eigenvalue weighted by molar-refractivity contribution is 7.99. The molecule has 2 N–H and O–H groups in total. The number of oxazole rings is 1. The zero-order valence-electron chi connectivity index (χ0n) is 11.4. The molecular formula is C15H16N2O3S. The average Bonchev–Trinajstić information content (AvgIpc) is 3.17. The molecule has 21 heavy (non-hydrogen) atoms. The van der Waals surface area contributed by atoms with E-state index in [-0.39, 0.29) is 5.91 Å². The number of rotatable bonds is 4. The van der Waals surface area contributed by atoms with Gasteiger partial charge in [0.15, 0.2) is 12.2 Å². The summed E-state index contributed by atoms with van der Waals surface area (Å²) >= 11 is 1.71. The van der Waals surface area contributed by atoms with Crippen LogP contribution in [-0.4, -0.2) is 39.6 Å². The third kappa shape index (κ3) is 3.28. The van der Waals surface area contributed by atoms with E-state index in [0.717, 1.165) is 17.7 Å². The Hall–Kier alpha value is -1.79. The van der Waals surface area contributed by atoms with Crippen molar-refractivity contribution in [3.05, 3.63) is 42.4 Å². The number of aliphatic hydroxyl groups is 1. The maximum atomic E-state index is 12.1. The number of amides is 1. The van der Waals surface area contributed by atoms with E-state index >= 15 is 0 Å². The molecule has 1 atom stereocenters. The molecule has 2 heterocycles. The third-order valence-corrected chi connectivity index (χ3v) is 4.76. The van der Waals surface area contributed by atoms with Crippen molar-refractivity contribution in [3.8, 4) is 11.3 Å². The van der Waals surface area contributed by atoms with Crippen LogP contribution in [-0.2, 0) is 0 Å². The molecule has 0 radical (unpaired) electrons. The molecule has 1 fully saturated rings. The fourth-order valence-corrected chi connectivity index (χ4v) is 3.52. The summed E-state index contributed by atoms with van der Waals surface area (Å²) in [6.07, 6.45) is 3.72. The summed E-state index contributed by atoms with van der Waals surface area (Å²) in [6.45, 7) is 0.294. The summed E-state index contributed by atoms with van der Waals surface area (Å²) in [5, 5.41) is 13.0. The molecule has 1 aliphatic heterocycles. The molecule has 0 spiro atoms. The smallest absolute Gasteiger partial charge is 0.251 e. The second-order valence-electron chi connectivity index (χ2n) is 5.15. The number of thioether (sulfide) groups is 1. The molecule has 2 aromatic rings. The molecule has 0 aliphatic carbocycles. The number of hydrogen-bond donors (Lipinski definition) is 2. The Morgan fingerprint density at radius 2 is 2.24 bits per heavy atom. The van der Waals surface area contributed by atoms with Crippen molar-refractivity contribution in [2.24, 2.45) is 0 Å². The Morgan fingerprint density at radius 1 is 1.43 bits per heavy atom. The van der Waals surface area contributed by atoms with Crippen molar-refractivity contribution >= 4 is 17.7 Å². The minimum atomic E-state index is -0.764. The Morgan fingerprint density at radius 3 is 2.86 bits per heavy atom. The first kappa shape index (κ1) is 14.2. The lowest BCUT2D eigenvalue weighted by atomic mass is 10.0. The van der Waals surface area contributed by atoms with Gasteiger partial charge in [-0.15, -0.1) is 0 Å². The minimum Gasteiger partial charge on any atom is -0.444 e. The van der Waals surface area contributed by atoms with Crippen LogP contribution in [0, 0.1) is 0 Å². The van der Waals surface area contributed by atoms with Gasteiger partial charge in [0.25, 0.3) is 5.91 Å². The maximum absolute atomic E-state index is 12.1. The SMILES string of the molecule is O=C(NCC1(O)CCSC1)c1ccc(-c2cnco2)cc1. The monoisotopic (exact) mass is 304 g/mol. The van der Waals surface area contributed by atoms with Crippen molar-refractivity contribution in [1.82, 2.24) is 10.3 Å². The van der Waals surface area contributed by atoms with Crippen LogP contribution < -0.4 is 5.32 Å². The maximum Gasteiger partial charge on any atom is 0.251 e. The van der Waals surface area contributed by atoms with E-state index in [1.807, 2.05) is 12.1 Å². The summed E-state index contributed by atoms with van der Waals surface area (Å²) < 4.78 is 5.20. The van der Waals surface area contributed by atoms with Gasteiger partial charge in [-0.25, -0.2) is 4.98 Å². The van der Waals surface area contributed by atoms with Gasteiger partial charge in [0.1, 0.15) is 0 Å². The molecule has 0 bridgehead atoms. The lowest BCUT2D eigenvalue weighted by Gasteiger charge is -2.21. The number of benzene rings is 1. The Balaban J connectivity index is 1.62. The van der Waals surface area contributed by atoms with E-state index in [4.69, 9.17) is 4.42 Å². The van der Waals surface area contributed by atoms with E-state index in [0.29, 0.717) is 23.6 Å². The summed E-state index contributed by atoms with van der Waals surface area (Å²) in [5.41, 5.74) is 0.669. The molecular weight excluding hydrogens is 288 g/mol. The van der Waals surface area contributed by atoms with Gasteiger partial charge in [0.2, 0.25) is 0 Å². The minimum absolute atomic E-state index is 0.176. The normalized spacial score (nSPS) is 21.4. The third-order valence-electron chi connectivity index (χ3n) is 3.52. The van der Waals surface area contributed by atoms with Gasteiger partial charge in [-0.2, -0.15) is 11.8 Å². The van der Waals surface area contributed by atoms with E-state index in [1.54, 1.807) is 30.1 Å². The van der Waals surface area contributed by atoms with E-state index in [2.05, 4.69) is 10.3 Å². The Bertz CT molecular complexity index is 604. The van der Waals surface area contributed by atoms with Crippen LogP contribution >= 0.6 is 11.8 Å². The van der Waals surface area contributed by atoms with Crippen LogP contribution in [0.4, 0.5) is 0 Å². The standard InChI is InChI=1S/C15H16N2O3S/c18-14(17-8-15(19)5-6-21-9-15)12-3-1-11(2-4-12)13-7-16-10-20-13/h1-4,7,10,19H,5-6,8-9H2,(H,17,18). The number of hydrogen-bond acceptors (Lipinski definition) is 5. The first-order chi connectivity index (χ1) is 10.2. The van der Waals surface area contributed by atoms with Crippen molar-refractivity contribution in [2.75, 3.05) is 18.1 Å². The zero-order valence-corrected chi connectivity index (χ0v) is 12.2. The van der Waals surface area contributed by atoms with Gasteiger partial charge in [-0.05, 0) is 24.3 Å². The second-order valence-corrected chi connectivity index (χ2v) is 6.26. The van der Waals surface area contributed by atoms with Gasteiger partial charge >= 0.3 is 0 Å². The molecule has 5 nitrogen and oxygen atoms in total. The first-order valence-electron chi connectivity index (χ1n) is 6.74. The van der Waals surface area contributed by atoms with E-state index in [9.17, 15) is 9.90 Å². The van der Waals surface area contributed by atoms with Crippen LogP contribution in [0.5, 0.6) is 0 Å². The molecule has 0 saturated carbocycles. The number of aromatic nitrogens is 1. The van der Waals surface area contributed by atoms with Crippen LogP contribution in [0.2, 0.25) is 0 Å².